The third-order valence-electron chi connectivity index (χ3n) is 6.04. The SMILES string of the molecule is OC12CC3CC(C1)C(NC[C@@H]1CC(F)(F)CN1)C(C3)C2.[Li]. The average molecular weight is 293 g/mol. The zero-order valence-electron chi connectivity index (χ0n) is 12.7. The van der Waals surface area contributed by atoms with Crippen molar-refractivity contribution < 1.29 is 13.9 Å². The summed E-state index contributed by atoms with van der Waals surface area (Å²) in [5.74, 6) is -0.739. The summed E-state index contributed by atoms with van der Waals surface area (Å²) in [6, 6.07) is 0.327. The summed E-state index contributed by atoms with van der Waals surface area (Å²) < 4.78 is 26.3. The third-order valence-corrected chi connectivity index (χ3v) is 6.04. The normalized spacial score (nSPS) is 50.1. The average Bonchev–Trinajstić information content (AvgIpc) is 2.66. The number of hydrogen-bond acceptors (Lipinski definition) is 3. The van der Waals surface area contributed by atoms with Crippen LogP contribution in [0.2, 0.25) is 0 Å². The van der Waals surface area contributed by atoms with Gasteiger partial charge >= 0.3 is 0 Å². The van der Waals surface area contributed by atoms with Gasteiger partial charge < -0.3 is 15.7 Å². The molecule has 2 unspecified atom stereocenters. The molecule has 0 aromatic heterocycles. The minimum absolute atomic E-state index is 0. The smallest absolute Gasteiger partial charge is 0.261 e. The second-order valence-electron chi connectivity index (χ2n) is 7.77. The van der Waals surface area contributed by atoms with Crippen LogP contribution in [0.15, 0.2) is 0 Å². The minimum Gasteiger partial charge on any atom is -0.390 e. The molecule has 3 atom stereocenters. The number of hydrogen-bond donors (Lipinski definition) is 3. The quantitative estimate of drug-likeness (QED) is 0.684. The van der Waals surface area contributed by atoms with Crippen LogP contribution >= 0.6 is 0 Å². The molecule has 3 N–H and O–H groups in total. The van der Waals surface area contributed by atoms with Gasteiger partial charge in [-0.15, -0.1) is 0 Å². The van der Waals surface area contributed by atoms with E-state index in [1.165, 1.54) is 12.8 Å². The van der Waals surface area contributed by atoms with E-state index in [1.807, 2.05) is 0 Å². The van der Waals surface area contributed by atoms with Crippen LogP contribution in [-0.4, -0.2) is 60.7 Å². The zero-order chi connectivity index (χ0) is 14.0. The predicted octanol–water partition coefficient (Wildman–Crippen LogP) is 1.13. The third kappa shape index (κ3) is 3.05. The molecular weight excluding hydrogens is 269 g/mol. The molecule has 4 aliphatic carbocycles. The molecule has 5 fully saturated rings. The summed E-state index contributed by atoms with van der Waals surface area (Å²) in [4.78, 5) is 0. The Hall–Kier alpha value is 0.337. The summed E-state index contributed by atoms with van der Waals surface area (Å²) in [6.07, 6.45) is 5.19. The van der Waals surface area contributed by atoms with Crippen molar-refractivity contribution in [1.82, 2.24) is 10.6 Å². The van der Waals surface area contributed by atoms with Crippen molar-refractivity contribution in [2.45, 2.75) is 62.1 Å². The number of nitrogens with one attached hydrogen (secondary N) is 2. The molecule has 1 heterocycles. The van der Waals surface area contributed by atoms with Crippen LogP contribution in [0.1, 0.15) is 38.5 Å². The standard InChI is InChI=1S/C15H24F2N2O.Li/c16-15(17)6-12(19-8-15)7-18-13-10-1-9-2-11(13)5-14(20,3-9)4-10;/h9-13,18-20H,1-8H2;/t9?,10?,11?,12-,13?,14?;/m0./s1. The van der Waals surface area contributed by atoms with E-state index in [0.717, 1.165) is 19.3 Å². The number of aliphatic hydroxyl groups is 1. The molecule has 115 valence electrons. The van der Waals surface area contributed by atoms with E-state index in [2.05, 4.69) is 10.6 Å². The van der Waals surface area contributed by atoms with Crippen molar-refractivity contribution in [3.05, 3.63) is 0 Å². The van der Waals surface area contributed by atoms with E-state index >= 15 is 0 Å². The van der Waals surface area contributed by atoms with Crippen molar-refractivity contribution in [2.24, 2.45) is 17.8 Å². The first-order valence-corrected chi connectivity index (χ1v) is 7.99. The first-order chi connectivity index (χ1) is 9.43. The van der Waals surface area contributed by atoms with Gasteiger partial charge in [0.15, 0.2) is 0 Å². The fraction of sp³-hybridized carbons (Fsp3) is 1.00. The van der Waals surface area contributed by atoms with Crippen LogP contribution in [0.5, 0.6) is 0 Å². The van der Waals surface area contributed by atoms with Gasteiger partial charge in [-0.05, 0) is 49.9 Å². The Labute approximate surface area is 136 Å². The van der Waals surface area contributed by atoms with Crippen LogP contribution < -0.4 is 10.6 Å². The van der Waals surface area contributed by atoms with Gasteiger partial charge in [-0.2, -0.15) is 0 Å². The van der Waals surface area contributed by atoms with E-state index in [4.69, 9.17) is 0 Å². The summed E-state index contributed by atoms with van der Waals surface area (Å²) in [5, 5.41) is 17.0. The molecule has 3 nitrogen and oxygen atoms in total. The molecule has 0 amide bonds. The zero-order valence-corrected chi connectivity index (χ0v) is 12.7. The Bertz CT molecular complexity index is 393. The maximum atomic E-state index is 13.2. The van der Waals surface area contributed by atoms with Crippen molar-refractivity contribution in [2.75, 3.05) is 13.1 Å². The number of rotatable bonds is 3. The summed E-state index contributed by atoms with van der Waals surface area (Å²) >= 11 is 0. The van der Waals surface area contributed by atoms with Crippen LogP contribution in [0.4, 0.5) is 8.78 Å². The van der Waals surface area contributed by atoms with E-state index < -0.39 is 11.5 Å². The first-order valence-electron chi connectivity index (χ1n) is 7.99. The van der Waals surface area contributed by atoms with Crippen molar-refractivity contribution in [3.63, 3.8) is 0 Å². The van der Waals surface area contributed by atoms with Crippen LogP contribution in [-0.2, 0) is 0 Å². The van der Waals surface area contributed by atoms with Crippen molar-refractivity contribution in [1.29, 1.82) is 0 Å². The monoisotopic (exact) mass is 293 g/mol. The van der Waals surface area contributed by atoms with Gasteiger partial charge in [-0.3, -0.25) is 0 Å². The van der Waals surface area contributed by atoms with Crippen molar-refractivity contribution in [3.8, 4) is 0 Å². The molecule has 1 aliphatic heterocycles. The van der Waals surface area contributed by atoms with Gasteiger partial charge in [0, 0.05) is 43.9 Å². The maximum Gasteiger partial charge on any atom is 0.261 e. The Morgan fingerprint density at radius 3 is 2.29 bits per heavy atom. The molecule has 6 heteroatoms. The minimum atomic E-state index is -2.54. The second kappa shape index (κ2) is 5.46. The second-order valence-corrected chi connectivity index (χ2v) is 7.77. The molecule has 0 aromatic carbocycles. The Morgan fingerprint density at radius 1 is 1.10 bits per heavy atom. The number of halogens is 2. The van der Waals surface area contributed by atoms with E-state index in [9.17, 15) is 13.9 Å². The number of alkyl halides is 2. The molecule has 1 radical (unpaired) electrons. The molecule has 4 saturated carbocycles. The molecule has 1 saturated heterocycles. The Balaban J connectivity index is 0.00000132. The van der Waals surface area contributed by atoms with Crippen LogP contribution in [0.3, 0.4) is 0 Å². The fourth-order valence-electron chi connectivity index (χ4n) is 5.54. The van der Waals surface area contributed by atoms with Gasteiger partial charge in [0.2, 0.25) is 0 Å². The van der Waals surface area contributed by atoms with Crippen LogP contribution in [0.25, 0.3) is 0 Å². The molecule has 0 spiro atoms. The summed E-state index contributed by atoms with van der Waals surface area (Å²) in [6.45, 7) is 0.453. The van der Waals surface area contributed by atoms with Gasteiger partial charge in [0.05, 0.1) is 12.1 Å². The molecule has 0 aromatic rings. The summed E-state index contributed by atoms with van der Waals surface area (Å²) in [5.41, 5.74) is -0.409. The topological polar surface area (TPSA) is 44.3 Å². The molecule has 21 heavy (non-hydrogen) atoms. The van der Waals surface area contributed by atoms with Crippen LogP contribution in [0, 0.1) is 17.8 Å². The van der Waals surface area contributed by atoms with Gasteiger partial charge in [0.25, 0.3) is 5.92 Å². The Kier molecular flexibility index (Phi) is 4.21. The van der Waals surface area contributed by atoms with E-state index in [-0.39, 0.29) is 37.9 Å². The van der Waals surface area contributed by atoms with Gasteiger partial charge in [-0.25, -0.2) is 8.78 Å². The molecule has 5 rings (SSSR count). The molecular formula is C15H24F2LiN2O. The Morgan fingerprint density at radius 2 is 1.76 bits per heavy atom. The van der Waals surface area contributed by atoms with E-state index in [0.29, 0.717) is 30.3 Å². The fourth-order valence-corrected chi connectivity index (χ4v) is 5.54. The first kappa shape index (κ1) is 16.2. The maximum absolute atomic E-state index is 13.2. The predicted molar refractivity (Wildman–Crippen MR) is 77.4 cm³/mol. The van der Waals surface area contributed by atoms with Crippen molar-refractivity contribution >= 4 is 18.9 Å². The molecule has 4 bridgehead atoms. The largest absolute Gasteiger partial charge is 0.390 e. The van der Waals surface area contributed by atoms with E-state index in [1.54, 1.807) is 0 Å². The van der Waals surface area contributed by atoms with Gasteiger partial charge in [0.1, 0.15) is 0 Å². The van der Waals surface area contributed by atoms with Gasteiger partial charge in [-0.1, -0.05) is 0 Å². The summed E-state index contributed by atoms with van der Waals surface area (Å²) in [7, 11) is 0. The molecule has 5 aliphatic rings.